The van der Waals surface area contributed by atoms with Crippen molar-refractivity contribution in [1.82, 2.24) is 0 Å². The molecule has 0 aliphatic heterocycles. The molecule has 0 spiro atoms. The summed E-state index contributed by atoms with van der Waals surface area (Å²) in [5.41, 5.74) is 0. The Morgan fingerprint density at radius 3 is 2.15 bits per heavy atom. The molecule has 4 N–H and O–H groups in total. The van der Waals surface area contributed by atoms with E-state index in [4.69, 9.17) is 5.11 Å². The number of hydrogen-bond acceptors (Lipinski definition) is 4. The lowest BCUT2D eigenvalue weighted by Crippen LogP contribution is -2.24. The molecule has 0 aliphatic rings. The molecule has 5 nitrogen and oxygen atoms in total. The predicted molar refractivity (Wildman–Crippen MR) is 109 cm³/mol. The molecule has 0 fully saturated rings. The molecule has 0 rings (SSSR count). The molecule has 0 saturated carbocycles. The number of aliphatic hydroxyl groups is 3. The van der Waals surface area contributed by atoms with Gasteiger partial charge in [-0.2, -0.15) is 0 Å². The maximum Gasteiger partial charge on any atom is 0.303 e. The van der Waals surface area contributed by atoms with E-state index in [9.17, 15) is 20.1 Å². The maximum atomic E-state index is 10.4. The Kier molecular flexibility index (Phi) is 15.8. The van der Waals surface area contributed by atoms with Gasteiger partial charge in [-0.05, 0) is 25.7 Å². The zero-order valence-corrected chi connectivity index (χ0v) is 15.9. The highest BCUT2D eigenvalue weighted by Crippen LogP contribution is 2.04. The van der Waals surface area contributed by atoms with Crippen LogP contribution in [-0.2, 0) is 4.79 Å². The maximum absolute atomic E-state index is 10.4. The smallest absolute Gasteiger partial charge is 0.303 e. The summed E-state index contributed by atoms with van der Waals surface area (Å²) >= 11 is 0. The molecule has 3 atom stereocenters. The van der Waals surface area contributed by atoms with Crippen LogP contribution in [0.15, 0.2) is 72.9 Å². The van der Waals surface area contributed by atoms with Crippen molar-refractivity contribution < 1.29 is 25.2 Å². The molecule has 1 unspecified atom stereocenters. The third-order valence-electron chi connectivity index (χ3n) is 3.46. The summed E-state index contributed by atoms with van der Waals surface area (Å²) in [6.45, 7) is 2.05. The van der Waals surface area contributed by atoms with E-state index in [2.05, 4.69) is 6.92 Å². The highest BCUT2D eigenvalue weighted by molar-refractivity contribution is 5.66. The van der Waals surface area contributed by atoms with Crippen molar-refractivity contribution in [2.24, 2.45) is 0 Å². The van der Waals surface area contributed by atoms with Gasteiger partial charge in [-0.1, -0.05) is 79.8 Å². The summed E-state index contributed by atoms with van der Waals surface area (Å²) in [6.07, 6.45) is 21.3. The fourth-order valence-corrected chi connectivity index (χ4v) is 1.94. The fourth-order valence-electron chi connectivity index (χ4n) is 1.94. The van der Waals surface area contributed by atoms with Gasteiger partial charge < -0.3 is 20.4 Å². The Morgan fingerprint density at radius 2 is 1.48 bits per heavy atom. The molecular formula is C22H32O5. The zero-order chi connectivity index (χ0) is 20.3. The van der Waals surface area contributed by atoms with Crippen molar-refractivity contribution in [2.45, 2.75) is 57.3 Å². The van der Waals surface area contributed by atoms with Crippen LogP contribution in [0.3, 0.4) is 0 Å². The minimum atomic E-state index is -1.08. The van der Waals surface area contributed by atoms with Crippen molar-refractivity contribution in [1.29, 1.82) is 0 Å². The standard InChI is InChI=1S/C22H32O5/c1-2-3-11-14-19(23)15-12-9-7-5-4-6-8-10-13-16-20(24)21(25)17-18-22(26)27/h3-4,6-13,15-16,19-21,23-25H,2,5,14,17-18H2,1H3,(H,26,27)/b6-4+,9-7+,10-8+,11-3-,15-12-,16-13+/t19-,20?,21-/m0/s1. The number of allylic oxidation sites excluding steroid dienone is 9. The number of rotatable bonds is 14. The van der Waals surface area contributed by atoms with Gasteiger partial charge in [0.2, 0.25) is 0 Å². The van der Waals surface area contributed by atoms with Gasteiger partial charge in [0.15, 0.2) is 0 Å². The molecule has 0 aromatic heterocycles. The second kappa shape index (κ2) is 17.2. The van der Waals surface area contributed by atoms with Gasteiger partial charge >= 0.3 is 5.97 Å². The van der Waals surface area contributed by atoms with Crippen LogP contribution < -0.4 is 0 Å². The Bertz CT molecular complexity index is 555. The Morgan fingerprint density at radius 1 is 0.852 bits per heavy atom. The third kappa shape index (κ3) is 17.0. The topological polar surface area (TPSA) is 98.0 Å². The van der Waals surface area contributed by atoms with Gasteiger partial charge in [-0.25, -0.2) is 0 Å². The van der Waals surface area contributed by atoms with E-state index >= 15 is 0 Å². The van der Waals surface area contributed by atoms with E-state index in [-0.39, 0.29) is 12.8 Å². The van der Waals surface area contributed by atoms with E-state index in [1.165, 1.54) is 6.08 Å². The van der Waals surface area contributed by atoms with E-state index in [1.807, 2.05) is 42.5 Å². The van der Waals surface area contributed by atoms with Crippen LogP contribution in [0.2, 0.25) is 0 Å². The first-order valence-electron chi connectivity index (χ1n) is 9.21. The quantitative estimate of drug-likeness (QED) is 0.275. The fraction of sp³-hybridized carbons (Fsp3) is 0.409. The molecule has 150 valence electrons. The molecule has 0 aliphatic carbocycles. The Labute approximate surface area is 162 Å². The van der Waals surface area contributed by atoms with Crippen LogP contribution in [0.4, 0.5) is 0 Å². The first-order chi connectivity index (χ1) is 13.0. The summed E-state index contributed by atoms with van der Waals surface area (Å²) < 4.78 is 0. The highest BCUT2D eigenvalue weighted by atomic mass is 16.4. The second-order valence-corrected chi connectivity index (χ2v) is 5.92. The number of hydrogen-bond donors (Lipinski definition) is 4. The van der Waals surface area contributed by atoms with Crippen LogP contribution >= 0.6 is 0 Å². The van der Waals surface area contributed by atoms with Crippen LogP contribution in [0.1, 0.15) is 39.0 Å². The van der Waals surface area contributed by atoms with Crippen molar-refractivity contribution in [3.8, 4) is 0 Å². The number of aliphatic hydroxyl groups excluding tert-OH is 3. The van der Waals surface area contributed by atoms with E-state index in [0.29, 0.717) is 6.42 Å². The van der Waals surface area contributed by atoms with Crippen molar-refractivity contribution in [2.75, 3.05) is 0 Å². The number of aliphatic carboxylic acids is 1. The van der Waals surface area contributed by atoms with Gasteiger partial charge in [0, 0.05) is 6.42 Å². The second-order valence-electron chi connectivity index (χ2n) is 5.92. The molecule has 0 aromatic carbocycles. The number of carbonyl (C=O) groups is 1. The van der Waals surface area contributed by atoms with Gasteiger partial charge in [0.25, 0.3) is 0 Å². The van der Waals surface area contributed by atoms with Gasteiger partial charge in [0.1, 0.15) is 0 Å². The van der Waals surface area contributed by atoms with Crippen molar-refractivity contribution in [3.63, 3.8) is 0 Å². The van der Waals surface area contributed by atoms with Gasteiger partial charge in [-0.3, -0.25) is 4.79 Å². The van der Waals surface area contributed by atoms with Gasteiger partial charge in [-0.15, -0.1) is 0 Å². The molecule has 27 heavy (non-hydrogen) atoms. The molecular weight excluding hydrogens is 344 g/mol. The van der Waals surface area contributed by atoms with Crippen LogP contribution in [-0.4, -0.2) is 44.7 Å². The predicted octanol–water partition coefficient (Wildman–Crippen LogP) is 3.46. The summed E-state index contributed by atoms with van der Waals surface area (Å²) in [4.78, 5) is 10.4. The lowest BCUT2D eigenvalue weighted by atomic mass is 10.1. The first kappa shape index (κ1) is 24.8. The third-order valence-corrected chi connectivity index (χ3v) is 3.46. The minimum absolute atomic E-state index is 0.0116. The molecule has 0 bridgehead atoms. The van der Waals surface area contributed by atoms with Crippen molar-refractivity contribution in [3.05, 3.63) is 72.9 Å². The summed E-state index contributed by atoms with van der Waals surface area (Å²) in [5.74, 6) is -1.000. The Balaban J connectivity index is 3.98. The lowest BCUT2D eigenvalue weighted by molar-refractivity contribution is -0.137. The summed E-state index contributed by atoms with van der Waals surface area (Å²) in [6, 6.07) is 0. The monoisotopic (exact) mass is 376 g/mol. The van der Waals surface area contributed by atoms with E-state index in [0.717, 1.165) is 12.8 Å². The Hall–Kier alpha value is -2.21. The average Bonchev–Trinajstić information content (AvgIpc) is 2.64. The number of carboxylic acids is 1. The first-order valence-corrected chi connectivity index (χ1v) is 9.21. The zero-order valence-electron chi connectivity index (χ0n) is 15.9. The van der Waals surface area contributed by atoms with E-state index < -0.39 is 24.3 Å². The molecule has 0 amide bonds. The van der Waals surface area contributed by atoms with Crippen LogP contribution in [0.25, 0.3) is 0 Å². The molecule has 0 saturated heterocycles. The molecule has 0 heterocycles. The number of carboxylic acid groups (broad SMARTS) is 1. The van der Waals surface area contributed by atoms with Gasteiger partial charge in [0.05, 0.1) is 18.3 Å². The average molecular weight is 376 g/mol. The summed E-state index contributed by atoms with van der Waals surface area (Å²) in [5, 5.41) is 37.4. The highest BCUT2D eigenvalue weighted by Gasteiger charge is 2.13. The van der Waals surface area contributed by atoms with Crippen LogP contribution in [0.5, 0.6) is 0 Å². The largest absolute Gasteiger partial charge is 0.481 e. The van der Waals surface area contributed by atoms with Crippen molar-refractivity contribution >= 4 is 5.97 Å². The molecule has 0 radical (unpaired) electrons. The molecule has 0 aromatic rings. The lowest BCUT2D eigenvalue weighted by Gasteiger charge is -2.12. The molecule has 5 heteroatoms. The minimum Gasteiger partial charge on any atom is -0.481 e. The SMILES string of the molecule is CC/C=C\C[C@H](O)/C=C\C=C\C/C=C/C=C/C=C/C(O)[C@@H](O)CCC(=O)O. The van der Waals surface area contributed by atoms with Crippen LogP contribution in [0, 0.1) is 0 Å². The summed E-state index contributed by atoms with van der Waals surface area (Å²) in [7, 11) is 0. The van der Waals surface area contributed by atoms with E-state index in [1.54, 1.807) is 24.3 Å². The normalized spacial score (nSPS) is 16.6.